The van der Waals surface area contributed by atoms with Crippen LogP contribution in [0.25, 0.3) is 0 Å². The summed E-state index contributed by atoms with van der Waals surface area (Å²) in [5.41, 5.74) is 4.46. The van der Waals surface area contributed by atoms with Crippen LogP contribution in [0, 0.1) is 12.8 Å². The topological polar surface area (TPSA) is 66.5 Å². The molecule has 2 aromatic rings. The second-order valence-corrected chi connectivity index (χ2v) is 9.16. The maximum atomic E-state index is 12.6. The maximum Gasteiger partial charge on any atom is 0.236 e. The molecule has 1 aliphatic heterocycles. The number of rotatable bonds is 5. The molecule has 0 aliphatic carbocycles. The van der Waals surface area contributed by atoms with E-state index in [9.17, 15) is 13.2 Å². The van der Waals surface area contributed by atoms with Crippen LogP contribution >= 0.6 is 0 Å². The molecule has 0 spiro atoms. The maximum absolute atomic E-state index is 12.6. The number of fused-ring (bicyclic) bond motifs is 1. The van der Waals surface area contributed by atoms with Crippen LogP contribution in [0.1, 0.15) is 36.1 Å². The lowest BCUT2D eigenvalue weighted by atomic mass is 9.98. The zero-order valence-electron chi connectivity index (χ0n) is 16.0. The number of carbonyl (C=O) groups excluding carboxylic acids is 1. The summed E-state index contributed by atoms with van der Waals surface area (Å²) in [6.07, 6.45) is 0.796. The van der Waals surface area contributed by atoms with Crippen LogP contribution in [-0.2, 0) is 33.5 Å². The first-order valence-electron chi connectivity index (χ1n) is 9.21. The average molecular weight is 387 g/mol. The van der Waals surface area contributed by atoms with Gasteiger partial charge in [0.1, 0.15) is 0 Å². The van der Waals surface area contributed by atoms with Gasteiger partial charge in [0, 0.05) is 24.7 Å². The number of anilines is 1. The summed E-state index contributed by atoms with van der Waals surface area (Å²) in [5, 5.41) is 0. The van der Waals surface area contributed by atoms with E-state index in [-0.39, 0.29) is 17.6 Å². The minimum Gasteiger partial charge on any atom is -0.338 e. The number of carbonyl (C=O) groups is 1. The molecule has 0 fully saturated rings. The molecule has 3 rings (SSSR count). The van der Waals surface area contributed by atoms with E-state index >= 15 is 0 Å². The van der Waals surface area contributed by atoms with Crippen molar-refractivity contribution in [1.82, 2.24) is 4.90 Å². The SMILES string of the molecule is Cc1ccccc1CS(=O)(=O)Nc1ccc2c(c1)CN(C(=O)C(C)C)CC2. The van der Waals surface area contributed by atoms with Crippen molar-refractivity contribution in [3.63, 3.8) is 0 Å². The van der Waals surface area contributed by atoms with Gasteiger partial charge in [0.2, 0.25) is 15.9 Å². The van der Waals surface area contributed by atoms with Gasteiger partial charge < -0.3 is 4.90 Å². The fraction of sp³-hybridized carbons (Fsp3) is 0.381. The van der Waals surface area contributed by atoms with E-state index in [2.05, 4.69) is 4.72 Å². The number of hydrogen-bond acceptors (Lipinski definition) is 3. The van der Waals surface area contributed by atoms with Crippen LogP contribution in [0.15, 0.2) is 42.5 Å². The Hall–Kier alpha value is -2.34. The highest BCUT2D eigenvalue weighted by atomic mass is 32.2. The zero-order valence-corrected chi connectivity index (χ0v) is 16.8. The van der Waals surface area contributed by atoms with E-state index < -0.39 is 10.0 Å². The Kier molecular flexibility index (Phi) is 5.56. The molecule has 5 nitrogen and oxygen atoms in total. The number of amides is 1. The van der Waals surface area contributed by atoms with Gasteiger partial charge >= 0.3 is 0 Å². The van der Waals surface area contributed by atoms with Crippen molar-refractivity contribution in [3.8, 4) is 0 Å². The number of nitrogens with zero attached hydrogens (tertiary/aromatic N) is 1. The van der Waals surface area contributed by atoms with Crippen molar-refractivity contribution in [3.05, 3.63) is 64.7 Å². The third-order valence-electron chi connectivity index (χ3n) is 4.90. The lowest BCUT2D eigenvalue weighted by molar-refractivity contribution is -0.135. The standard InChI is InChI=1S/C21H26N2O3S/c1-15(2)21(24)23-11-10-17-8-9-20(12-19(17)13-23)22-27(25,26)14-18-7-5-4-6-16(18)3/h4-9,12,15,22H,10-11,13-14H2,1-3H3. The molecular formula is C21H26N2O3S. The molecular weight excluding hydrogens is 360 g/mol. The van der Waals surface area contributed by atoms with Gasteiger partial charge in [-0.25, -0.2) is 8.42 Å². The minimum absolute atomic E-state index is 0.0395. The lowest BCUT2D eigenvalue weighted by Crippen LogP contribution is -2.38. The number of nitrogens with one attached hydrogen (secondary N) is 1. The first kappa shape index (κ1) is 19.4. The molecule has 0 saturated carbocycles. The van der Waals surface area contributed by atoms with E-state index in [1.54, 1.807) is 6.07 Å². The van der Waals surface area contributed by atoms with Crippen LogP contribution in [0.5, 0.6) is 0 Å². The normalized spacial score (nSPS) is 14.1. The summed E-state index contributed by atoms with van der Waals surface area (Å²) in [6.45, 7) is 6.94. The van der Waals surface area contributed by atoms with Gasteiger partial charge in [-0.3, -0.25) is 9.52 Å². The van der Waals surface area contributed by atoms with Crippen LogP contribution in [0.3, 0.4) is 0 Å². The Morgan fingerprint density at radius 1 is 1.15 bits per heavy atom. The molecule has 0 aromatic heterocycles. The Bertz CT molecular complexity index is 952. The minimum atomic E-state index is -3.51. The summed E-state index contributed by atoms with van der Waals surface area (Å²) in [4.78, 5) is 14.1. The van der Waals surface area contributed by atoms with Crippen molar-refractivity contribution < 1.29 is 13.2 Å². The summed E-state index contributed by atoms with van der Waals surface area (Å²) in [5.74, 6) is 0.0304. The Morgan fingerprint density at radius 2 is 1.89 bits per heavy atom. The lowest BCUT2D eigenvalue weighted by Gasteiger charge is -2.30. The largest absolute Gasteiger partial charge is 0.338 e. The third kappa shape index (κ3) is 4.69. The first-order chi connectivity index (χ1) is 12.7. The molecule has 0 bridgehead atoms. The Labute approximate surface area is 161 Å². The molecule has 1 aliphatic rings. The predicted octanol–water partition coefficient (Wildman–Crippen LogP) is 3.48. The monoisotopic (exact) mass is 386 g/mol. The van der Waals surface area contributed by atoms with E-state index in [1.165, 1.54) is 5.56 Å². The van der Waals surface area contributed by atoms with Gasteiger partial charge in [-0.05, 0) is 47.7 Å². The van der Waals surface area contributed by atoms with Crippen LogP contribution < -0.4 is 4.72 Å². The second-order valence-electron chi connectivity index (χ2n) is 7.44. The van der Waals surface area contributed by atoms with Gasteiger partial charge in [-0.2, -0.15) is 0 Å². The van der Waals surface area contributed by atoms with Gasteiger partial charge in [0.25, 0.3) is 0 Å². The summed E-state index contributed by atoms with van der Waals surface area (Å²) in [6, 6.07) is 13.1. The Morgan fingerprint density at radius 3 is 2.59 bits per heavy atom. The van der Waals surface area contributed by atoms with Gasteiger partial charge in [0.05, 0.1) is 5.75 Å². The number of benzene rings is 2. The third-order valence-corrected chi connectivity index (χ3v) is 6.14. The van der Waals surface area contributed by atoms with E-state index in [0.717, 1.165) is 23.1 Å². The highest BCUT2D eigenvalue weighted by Crippen LogP contribution is 2.25. The first-order valence-corrected chi connectivity index (χ1v) is 10.9. The highest BCUT2D eigenvalue weighted by molar-refractivity contribution is 7.91. The van der Waals surface area contributed by atoms with Gasteiger partial charge in [0.15, 0.2) is 0 Å². The average Bonchev–Trinajstić information content (AvgIpc) is 2.61. The quantitative estimate of drug-likeness (QED) is 0.855. The summed E-state index contributed by atoms with van der Waals surface area (Å²) in [7, 11) is -3.51. The van der Waals surface area contributed by atoms with Gasteiger partial charge in [-0.15, -0.1) is 0 Å². The van der Waals surface area contributed by atoms with Crippen molar-refractivity contribution in [1.29, 1.82) is 0 Å². The number of hydrogen-bond donors (Lipinski definition) is 1. The molecule has 0 radical (unpaired) electrons. The van der Waals surface area contributed by atoms with Crippen molar-refractivity contribution in [2.24, 2.45) is 5.92 Å². The van der Waals surface area contributed by atoms with Crippen molar-refractivity contribution >= 4 is 21.6 Å². The summed E-state index contributed by atoms with van der Waals surface area (Å²) < 4.78 is 27.8. The van der Waals surface area contributed by atoms with Gasteiger partial charge in [-0.1, -0.05) is 44.2 Å². The molecule has 2 aromatic carbocycles. The fourth-order valence-electron chi connectivity index (χ4n) is 3.37. The molecule has 1 heterocycles. The molecule has 0 atom stereocenters. The molecule has 144 valence electrons. The van der Waals surface area contributed by atoms with Crippen molar-refractivity contribution in [2.45, 2.75) is 39.5 Å². The highest BCUT2D eigenvalue weighted by Gasteiger charge is 2.23. The fourth-order valence-corrected chi connectivity index (χ4v) is 4.66. The number of sulfonamides is 1. The van der Waals surface area contributed by atoms with E-state index in [0.29, 0.717) is 18.8 Å². The molecule has 27 heavy (non-hydrogen) atoms. The smallest absolute Gasteiger partial charge is 0.236 e. The van der Waals surface area contributed by atoms with E-state index in [4.69, 9.17) is 0 Å². The zero-order chi connectivity index (χ0) is 19.6. The van der Waals surface area contributed by atoms with Crippen molar-refractivity contribution in [2.75, 3.05) is 11.3 Å². The second kappa shape index (κ2) is 7.72. The Balaban J connectivity index is 1.76. The predicted molar refractivity (Wildman–Crippen MR) is 108 cm³/mol. The molecule has 6 heteroatoms. The molecule has 0 unspecified atom stereocenters. The van der Waals surface area contributed by atoms with Crippen LogP contribution in [0.4, 0.5) is 5.69 Å². The van der Waals surface area contributed by atoms with E-state index in [1.807, 2.05) is 62.1 Å². The number of aryl methyl sites for hydroxylation is 1. The molecule has 1 N–H and O–H groups in total. The summed E-state index contributed by atoms with van der Waals surface area (Å²) >= 11 is 0. The molecule has 1 amide bonds. The molecule has 0 saturated heterocycles. The van der Waals surface area contributed by atoms with Crippen LogP contribution in [-0.4, -0.2) is 25.8 Å². The van der Waals surface area contributed by atoms with Crippen LogP contribution in [0.2, 0.25) is 0 Å².